The maximum Gasteiger partial charge on any atom is 0.281 e. The number of nitrogens with zero attached hydrogens (tertiary/aromatic N) is 4. The SMILES string of the molecule is CC1CCN(c2ncccc2C(=O)NS(=O)(=O)c2cccc(Nc3cc4ccccc4cn3)n2)C1(C)C. The monoisotopic (exact) mass is 516 g/mol. The van der Waals surface area contributed by atoms with Gasteiger partial charge in [-0.15, -0.1) is 0 Å². The highest BCUT2D eigenvalue weighted by Gasteiger charge is 2.40. The van der Waals surface area contributed by atoms with Crippen LogP contribution in [0.1, 0.15) is 37.6 Å². The van der Waals surface area contributed by atoms with E-state index in [1.54, 1.807) is 36.7 Å². The average Bonchev–Trinajstić information content (AvgIpc) is 3.15. The van der Waals surface area contributed by atoms with Crippen LogP contribution in [0, 0.1) is 5.92 Å². The molecule has 1 fully saturated rings. The molecule has 5 rings (SSSR count). The number of fused-ring (bicyclic) bond motifs is 1. The molecule has 1 aliphatic heterocycles. The van der Waals surface area contributed by atoms with E-state index in [-0.39, 0.29) is 21.9 Å². The van der Waals surface area contributed by atoms with Crippen LogP contribution in [-0.4, -0.2) is 41.4 Å². The molecule has 1 unspecified atom stereocenters. The Labute approximate surface area is 216 Å². The first kappa shape index (κ1) is 24.6. The van der Waals surface area contributed by atoms with Gasteiger partial charge >= 0.3 is 0 Å². The Morgan fingerprint density at radius 1 is 1.00 bits per heavy atom. The molecule has 1 atom stereocenters. The zero-order valence-corrected chi connectivity index (χ0v) is 21.7. The Kier molecular flexibility index (Phi) is 6.28. The van der Waals surface area contributed by atoms with Crippen molar-refractivity contribution in [2.45, 2.75) is 37.8 Å². The largest absolute Gasteiger partial charge is 0.351 e. The smallest absolute Gasteiger partial charge is 0.281 e. The van der Waals surface area contributed by atoms with Crippen LogP contribution in [0.15, 0.2) is 78.1 Å². The number of anilines is 3. The highest BCUT2D eigenvalue weighted by molar-refractivity contribution is 7.90. The van der Waals surface area contributed by atoms with Crippen molar-refractivity contribution < 1.29 is 13.2 Å². The van der Waals surface area contributed by atoms with E-state index in [0.717, 1.165) is 23.7 Å². The number of carbonyl (C=O) groups excluding carboxylic acids is 1. The molecule has 4 aromatic rings. The second-order valence-electron chi connectivity index (χ2n) is 9.71. The van der Waals surface area contributed by atoms with E-state index in [9.17, 15) is 13.2 Å². The zero-order valence-electron chi connectivity index (χ0n) is 20.8. The lowest BCUT2D eigenvalue weighted by atomic mass is 9.90. The minimum atomic E-state index is -4.25. The minimum Gasteiger partial charge on any atom is -0.351 e. The van der Waals surface area contributed by atoms with Crippen LogP contribution in [-0.2, 0) is 10.0 Å². The number of nitrogens with one attached hydrogen (secondary N) is 2. The molecule has 1 aliphatic rings. The van der Waals surface area contributed by atoms with Crippen molar-refractivity contribution in [3.63, 3.8) is 0 Å². The van der Waals surface area contributed by atoms with Gasteiger partial charge in [0.05, 0.1) is 5.56 Å². The summed E-state index contributed by atoms with van der Waals surface area (Å²) in [6.07, 6.45) is 4.29. The summed E-state index contributed by atoms with van der Waals surface area (Å²) in [5.41, 5.74) is -0.0245. The van der Waals surface area contributed by atoms with Crippen molar-refractivity contribution in [3.8, 4) is 0 Å². The summed E-state index contributed by atoms with van der Waals surface area (Å²) in [5.74, 6) is 0.913. The van der Waals surface area contributed by atoms with Crippen LogP contribution < -0.4 is 14.9 Å². The summed E-state index contributed by atoms with van der Waals surface area (Å²) in [6.45, 7) is 7.10. The lowest BCUT2D eigenvalue weighted by Gasteiger charge is -2.36. The van der Waals surface area contributed by atoms with E-state index in [1.165, 1.54) is 6.07 Å². The van der Waals surface area contributed by atoms with Crippen LogP contribution in [0.3, 0.4) is 0 Å². The molecule has 37 heavy (non-hydrogen) atoms. The number of amides is 1. The molecular weight excluding hydrogens is 488 g/mol. The van der Waals surface area contributed by atoms with Gasteiger partial charge in [-0.3, -0.25) is 4.79 Å². The first-order valence-electron chi connectivity index (χ1n) is 12.0. The second kappa shape index (κ2) is 9.44. The molecule has 1 aromatic carbocycles. The van der Waals surface area contributed by atoms with Crippen molar-refractivity contribution in [1.82, 2.24) is 19.7 Å². The predicted octanol–water partition coefficient (Wildman–Crippen LogP) is 4.51. The molecular formula is C27H28N6O3S. The normalized spacial score (nSPS) is 17.1. The molecule has 0 radical (unpaired) electrons. The number of hydrogen-bond donors (Lipinski definition) is 2. The molecule has 1 saturated heterocycles. The average molecular weight is 517 g/mol. The van der Waals surface area contributed by atoms with Gasteiger partial charge in [0.2, 0.25) is 0 Å². The Morgan fingerprint density at radius 3 is 2.54 bits per heavy atom. The van der Waals surface area contributed by atoms with Crippen molar-refractivity contribution in [2.75, 3.05) is 16.8 Å². The number of carbonyl (C=O) groups is 1. The van der Waals surface area contributed by atoms with Crippen LogP contribution in [0.2, 0.25) is 0 Å². The highest BCUT2D eigenvalue weighted by atomic mass is 32.2. The lowest BCUT2D eigenvalue weighted by molar-refractivity contribution is 0.0981. The van der Waals surface area contributed by atoms with Gasteiger partial charge in [0, 0.05) is 29.9 Å². The maximum atomic E-state index is 13.2. The molecule has 3 aromatic heterocycles. The van der Waals surface area contributed by atoms with E-state index in [1.807, 2.05) is 30.3 Å². The molecule has 0 aliphatic carbocycles. The number of pyridine rings is 3. The first-order valence-corrected chi connectivity index (χ1v) is 13.5. The van der Waals surface area contributed by atoms with Crippen molar-refractivity contribution >= 4 is 44.2 Å². The van der Waals surface area contributed by atoms with Crippen LogP contribution in [0.25, 0.3) is 10.8 Å². The third-order valence-corrected chi connectivity index (χ3v) is 8.32. The van der Waals surface area contributed by atoms with Gasteiger partial charge in [-0.1, -0.05) is 37.3 Å². The van der Waals surface area contributed by atoms with Gasteiger partial charge in [0.25, 0.3) is 15.9 Å². The molecule has 9 nitrogen and oxygen atoms in total. The van der Waals surface area contributed by atoms with Crippen LogP contribution in [0.4, 0.5) is 17.5 Å². The van der Waals surface area contributed by atoms with E-state index >= 15 is 0 Å². The van der Waals surface area contributed by atoms with Gasteiger partial charge in [0.1, 0.15) is 17.5 Å². The number of sulfonamides is 1. The Hall–Kier alpha value is -4.05. The Bertz CT molecular complexity index is 1590. The summed E-state index contributed by atoms with van der Waals surface area (Å²) in [6, 6.07) is 17.4. The summed E-state index contributed by atoms with van der Waals surface area (Å²) >= 11 is 0. The summed E-state index contributed by atoms with van der Waals surface area (Å²) < 4.78 is 28.4. The van der Waals surface area contributed by atoms with Gasteiger partial charge < -0.3 is 10.2 Å². The number of rotatable bonds is 6. The van der Waals surface area contributed by atoms with E-state index in [4.69, 9.17) is 0 Å². The van der Waals surface area contributed by atoms with Crippen LogP contribution >= 0.6 is 0 Å². The third kappa shape index (κ3) is 4.84. The molecule has 0 bridgehead atoms. The summed E-state index contributed by atoms with van der Waals surface area (Å²) in [4.78, 5) is 28.3. The fourth-order valence-electron chi connectivity index (χ4n) is 4.54. The van der Waals surface area contributed by atoms with Gasteiger partial charge in [-0.2, -0.15) is 8.42 Å². The lowest BCUT2D eigenvalue weighted by Crippen LogP contribution is -2.43. The summed E-state index contributed by atoms with van der Waals surface area (Å²) in [5, 5.41) is 4.72. The number of benzene rings is 1. The maximum absolute atomic E-state index is 13.2. The van der Waals surface area contributed by atoms with E-state index in [0.29, 0.717) is 17.6 Å². The summed E-state index contributed by atoms with van der Waals surface area (Å²) in [7, 11) is -4.25. The third-order valence-electron chi connectivity index (χ3n) is 7.09. The Balaban J connectivity index is 1.38. The molecule has 1 amide bonds. The van der Waals surface area contributed by atoms with Crippen molar-refractivity contribution in [3.05, 3.63) is 78.6 Å². The molecule has 0 spiro atoms. The zero-order chi connectivity index (χ0) is 26.2. The fraction of sp³-hybridized carbons (Fsp3) is 0.259. The van der Waals surface area contributed by atoms with E-state index in [2.05, 4.69) is 50.7 Å². The molecule has 190 valence electrons. The number of aromatic nitrogens is 3. The van der Waals surface area contributed by atoms with Gasteiger partial charge in [0.15, 0.2) is 5.03 Å². The first-order chi connectivity index (χ1) is 17.6. The topological polar surface area (TPSA) is 117 Å². The van der Waals surface area contributed by atoms with Crippen molar-refractivity contribution in [2.24, 2.45) is 5.92 Å². The second-order valence-corrected chi connectivity index (χ2v) is 11.3. The Morgan fingerprint density at radius 2 is 1.78 bits per heavy atom. The number of hydrogen-bond acceptors (Lipinski definition) is 8. The molecule has 10 heteroatoms. The van der Waals surface area contributed by atoms with Gasteiger partial charge in [-0.05, 0) is 61.9 Å². The minimum absolute atomic E-state index is 0.197. The molecule has 2 N–H and O–H groups in total. The van der Waals surface area contributed by atoms with E-state index < -0.39 is 15.9 Å². The highest BCUT2D eigenvalue weighted by Crippen LogP contribution is 2.38. The standard InChI is InChI=1S/C27H28N6O3S/c1-18-13-15-33(27(18,2)3)25-21(10-7-14-28-25)26(34)32-37(35,36)24-12-6-11-22(31-24)30-23-16-19-8-4-5-9-20(19)17-29-23/h4-12,14,16-18H,13,15H2,1-3H3,(H,32,34)(H,29,30,31). The van der Waals surface area contributed by atoms with Gasteiger partial charge in [-0.25, -0.2) is 19.7 Å². The predicted molar refractivity (Wildman–Crippen MR) is 143 cm³/mol. The van der Waals surface area contributed by atoms with Crippen molar-refractivity contribution in [1.29, 1.82) is 0 Å². The molecule has 0 saturated carbocycles. The molecule has 4 heterocycles. The fourth-order valence-corrected chi connectivity index (χ4v) is 5.48. The van der Waals surface area contributed by atoms with Crippen LogP contribution in [0.5, 0.6) is 0 Å². The quantitative estimate of drug-likeness (QED) is 0.384.